The number of thioether (sulfide) groups is 1. The number of amides is 1. The molecule has 1 amide bonds. The first-order valence-corrected chi connectivity index (χ1v) is 7.71. The molecule has 1 aromatic carbocycles. The topological polar surface area (TPSA) is 54.4 Å². The van der Waals surface area contributed by atoms with Crippen LogP contribution < -0.4 is 5.32 Å². The van der Waals surface area contributed by atoms with Crippen molar-refractivity contribution in [3.63, 3.8) is 0 Å². The number of aryl methyl sites for hydroxylation is 1. The minimum atomic E-state index is -0.162. The number of pyridine rings is 1. The number of aliphatic imine (C=N–C) groups is 1. The fourth-order valence-corrected chi connectivity index (χ4v) is 2.77. The number of amidine groups is 1. The molecule has 0 unspecified atom stereocenters. The first-order chi connectivity index (χ1) is 10.2. The zero-order valence-corrected chi connectivity index (χ0v) is 12.5. The highest BCUT2D eigenvalue weighted by atomic mass is 32.2. The standard InChI is InChI=1S/C16H15N3OS/c1-11-2-4-12(5-3-11)13-8-14(10-17-9-13)15(20)19-16-18-6-7-21-16/h2-5,8-10H,6-7H2,1H3,(H,18,19,20). The third-order valence-electron chi connectivity index (χ3n) is 3.19. The van der Waals surface area contributed by atoms with Crippen LogP contribution in [-0.2, 0) is 0 Å². The lowest BCUT2D eigenvalue weighted by Crippen LogP contribution is -2.27. The smallest absolute Gasteiger partial charge is 0.258 e. The normalized spacial score (nSPS) is 13.9. The second kappa shape index (κ2) is 6.10. The molecule has 2 aromatic rings. The van der Waals surface area contributed by atoms with E-state index >= 15 is 0 Å². The maximum Gasteiger partial charge on any atom is 0.258 e. The van der Waals surface area contributed by atoms with Crippen molar-refractivity contribution >= 4 is 22.8 Å². The van der Waals surface area contributed by atoms with E-state index in [9.17, 15) is 4.79 Å². The van der Waals surface area contributed by atoms with Gasteiger partial charge in [-0.05, 0) is 18.6 Å². The molecule has 2 heterocycles. The molecule has 0 spiro atoms. The third kappa shape index (κ3) is 3.31. The lowest BCUT2D eigenvalue weighted by molar-refractivity contribution is 0.0977. The molecule has 3 rings (SSSR count). The number of carbonyl (C=O) groups is 1. The molecule has 0 saturated carbocycles. The Morgan fingerprint density at radius 2 is 2.00 bits per heavy atom. The molecule has 0 atom stereocenters. The highest BCUT2D eigenvalue weighted by Crippen LogP contribution is 2.20. The number of hydrogen-bond donors (Lipinski definition) is 1. The fourth-order valence-electron chi connectivity index (χ4n) is 2.05. The van der Waals surface area contributed by atoms with Crippen LogP contribution in [0.15, 0.2) is 47.7 Å². The van der Waals surface area contributed by atoms with Crippen LogP contribution in [0.2, 0.25) is 0 Å². The van der Waals surface area contributed by atoms with Gasteiger partial charge < -0.3 is 5.32 Å². The van der Waals surface area contributed by atoms with Crippen LogP contribution in [0.25, 0.3) is 11.1 Å². The van der Waals surface area contributed by atoms with Gasteiger partial charge in [-0.1, -0.05) is 41.6 Å². The number of nitrogens with zero attached hydrogens (tertiary/aromatic N) is 2. The summed E-state index contributed by atoms with van der Waals surface area (Å²) in [6.07, 6.45) is 3.34. The van der Waals surface area contributed by atoms with Gasteiger partial charge in [0.25, 0.3) is 5.91 Å². The molecule has 0 saturated heterocycles. The average Bonchev–Trinajstić information content (AvgIpc) is 3.01. The zero-order chi connectivity index (χ0) is 14.7. The van der Waals surface area contributed by atoms with Crippen LogP contribution in [-0.4, -0.2) is 28.4 Å². The zero-order valence-electron chi connectivity index (χ0n) is 11.7. The molecule has 106 valence electrons. The van der Waals surface area contributed by atoms with Gasteiger partial charge in [0.2, 0.25) is 0 Å². The summed E-state index contributed by atoms with van der Waals surface area (Å²) >= 11 is 1.57. The Balaban J connectivity index is 1.82. The van der Waals surface area contributed by atoms with Gasteiger partial charge in [-0.3, -0.25) is 14.8 Å². The summed E-state index contributed by atoms with van der Waals surface area (Å²) in [6, 6.07) is 10.0. The van der Waals surface area contributed by atoms with Crippen molar-refractivity contribution in [3.8, 4) is 11.1 Å². The molecule has 1 aliphatic heterocycles. The van der Waals surface area contributed by atoms with Gasteiger partial charge >= 0.3 is 0 Å². The third-order valence-corrected chi connectivity index (χ3v) is 4.08. The Hall–Kier alpha value is -2.14. The highest BCUT2D eigenvalue weighted by Gasteiger charge is 2.13. The Bertz CT molecular complexity index is 695. The summed E-state index contributed by atoms with van der Waals surface area (Å²) < 4.78 is 0. The molecule has 0 fully saturated rings. The molecule has 0 aliphatic carbocycles. The first-order valence-electron chi connectivity index (χ1n) is 6.73. The quantitative estimate of drug-likeness (QED) is 0.927. The minimum Gasteiger partial charge on any atom is -0.301 e. The van der Waals surface area contributed by atoms with Gasteiger partial charge in [0.15, 0.2) is 5.17 Å². The maximum absolute atomic E-state index is 12.2. The van der Waals surface area contributed by atoms with Gasteiger partial charge in [0.05, 0.1) is 12.1 Å². The van der Waals surface area contributed by atoms with Crippen molar-refractivity contribution in [1.82, 2.24) is 10.3 Å². The summed E-state index contributed by atoms with van der Waals surface area (Å²) in [5.74, 6) is 0.765. The summed E-state index contributed by atoms with van der Waals surface area (Å²) in [5, 5.41) is 3.51. The van der Waals surface area contributed by atoms with E-state index in [1.165, 1.54) is 5.56 Å². The average molecular weight is 297 g/mol. The Morgan fingerprint density at radius 3 is 2.71 bits per heavy atom. The van der Waals surface area contributed by atoms with Crippen LogP contribution >= 0.6 is 11.8 Å². The monoisotopic (exact) mass is 297 g/mol. The van der Waals surface area contributed by atoms with Gasteiger partial charge in [-0.2, -0.15) is 0 Å². The molecule has 1 aromatic heterocycles. The van der Waals surface area contributed by atoms with Crippen LogP contribution in [0.4, 0.5) is 0 Å². The molecule has 1 aliphatic rings. The van der Waals surface area contributed by atoms with E-state index in [1.807, 2.05) is 37.3 Å². The predicted octanol–water partition coefficient (Wildman–Crippen LogP) is 2.89. The van der Waals surface area contributed by atoms with Crippen molar-refractivity contribution in [2.75, 3.05) is 12.3 Å². The van der Waals surface area contributed by atoms with Crippen LogP contribution in [0.5, 0.6) is 0 Å². The summed E-state index contributed by atoms with van der Waals surface area (Å²) in [6.45, 7) is 2.81. The van der Waals surface area contributed by atoms with E-state index in [4.69, 9.17) is 0 Å². The molecule has 4 nitrogen and oxygen atoms in total. The Labute approximate surface area is 127 Å². The van der Waals surface area contributed by atoms with Crippen molar-refractivity contribution in [3.05, 3.63) is 53.9 Å². The van der Waals surface area contributed by atoms with E-state index in [2.05, 4.69) is 15.3 Å². The summed E-state index contributed by atoms with van der Waals surface area (Å²) in [5.41, 5.74) is 3.74. The molecule has 0 bridgehead atoms. The van der Waals surface area contributed by atoms with Crippen molar-refractivity contribution in [1.29, 1.82) is 0 Å². The lowest BCUT2D eigenvalue weighted by atomic mass is 10.0. The number of benzene rings is 1. The fraction of sp³-hybridized carbons (Fsp3) is 0.188. The summed E-state index contributed by atoms with van der Waals surface area (Å²) in [7, 11) is 0. The lowest BCUT2D eigenvalue weighted by Gasteiger charge is -2.06. The molecule has 0 radical (unpaired) electrons. The summed E-state index contributed by atoms with van der Waals surface area (Å²) in [4.78, 5) is 20.6. The van der Waals surface area contributed by atoms with Gasteiger partial charge in [-0.25, -0.2) is 0 Å². The van der Waals surface area contributed by atoms with E-state index < -0.39 is 0 Å². The Morgan fingerprint density at radius 1 is 1.19 bits per heavy atom. The number of hydrogen-bond acceptors (Lipinski definition) is 4. The van der Waals surface area contributed by atoms with Gasteiger partial charge in [-0.15, -0.1) is 0 Å². The van der Waals surface area contributed by atoms with E-state index in [0.29, 0.717) is 10.7 Å². The van der Waals surface area contributed by atoms with Crippen molar-refractivity contribution < 1.29 is 4.79 Å². The van der Waals surface area contributed by atoms with Crippen molar-refractivity contribution in [2.24, 2.45) is 4.99 Å². The van der Waals surface area contributed by atoms with Gasteiger partial charge in [0, 0.05) is 23.7 Å². The van der Waals surface area contributed by atoms with Gasteiger partial charge in [0.1, 0.15) is 0 Å². The minimum absolute atomic E-state index is 0.162. The van der Waals surface area contributed by atoms with E-state index in [1.54, 1.807) is 24.2 Å². The molecule has 21 heavy (non-hydrogen) atoms. The number of carbonyl (C=O) groups excluding carboxylic acids is 1. The Kier molecular flexibility index (Phi) is 4.01. The number of nitrogens with one attached hydrogen (secondary N) is 1. The van der Waals surface area contributed by atoms with Crippen LogP contribution in [0.1, 0.15) is 15.9 Å². The van der Waals surface area contributed by atoms with Crippen LogP contribution in [0, 0.1) is 6.92 Å². The van der Waals surface area contributed by atoms with E-state index in [0.717, 1.165) is 23.4 Å². The first kappa shape index (κ1) is 13.8. The second-order valence-corrected chi connectivity index (χ2v) is 5.90. The molecule has 5 heteroatoms. The van der Waals surface area contributed by atoms with Crippen molar-refractivity contribution in [2.45, 2.75) is 6.92 Å². The van der Waals surface area contributed by atoms with Crippen LogP contribution in [0.3, 0.4) is 0 Å². The molecular formula is C16H15N3OS. The number of rotatable bonds is 2. The second-order valence-electron chi connectivity index (χ2n) is 4.82. The maximum atomic E-state index is 12.2. The number of aromatic nitrogens is 1. The largest absolute Gasteiger partial charge is 0.301 e. The predicted molar refractivity (Wildman–Crippen MR) is 86.6 cm³/mol. The molecular weight excluding hydrogens is 282 g/mol. The highest BCUT2D eigenvalue weighted by molar-refractivity contribution is 8.14. The SMILES string of the molecule is Cc1ccc(-c2cncc(C(=O)NC3=NCCS3)c2)cc1. The van der Waals surface area contributed by atoms with E-state index in [-0.39, 0.29) is 5.91 Å². The molecule has 1 N–H and O–H groups in total.